The number of allylic oxidation sites excluding steroid dienone is 2. The van der Waals surface area contributed by atoms with Crippen molar-refractivity contribution in [3.8, 4) is 6.07 Å². The van der Waals surface area contributed by atoms with Crippen LogP contribution in [-0.2, 0) is 11.2 Å². The van der Waals surface area contributed by atoms with Crippen LogP contribution in [0.5, 0.6) is 0 Å². The molecule has 24 heavy (non-hydrogen) atoms. The van der Waals surface area contributed by atoms with Crippen molar-refractivity contribution in [1.82, 2.24) is 0 Å². The Kier molecular flexibility index (Phi) is 3.55. The first-order valence-electron chi connectivity index (χ1n) is 7.83. The van der Waals surface area contributed by atoms with Crippen molar-refractivity contribution in [3.05, 3.63) is 87.3 Å². The van der Waals surface area contributed by atoms with E-state index in [1.165, 1.54) is 5.56 Å². The summed E-state index contributed by atoms with van der Waals surface area (Å²) in [6, 6.07) is 18.0. The van der Waals surface area contributed by atoms with Crippen LogP contribution in [0, 0.1) is 11.3 Å². The van der Waals surface area contributed by atoms with E-state index in [-0.39, 0.29) is 11.8 Å². The quantitative estimate of drug-likeness (QED) is 0.835. The van der Waals surface area contributed by atoms with E-state index in [2.05, 4.69) is 12.1 Å². The molecule has 0 amide bonds. The van der Waals surface area contributed by atoms with Crippen LogP contribution in [0.25, 0.3) is 5.76 Å². The van der Waals surface area contributed by atoms with Gasteiger partial charge in [-0.05, 0) is 41.7 Å². The Balaban J connectivity index is 1.91. The van der Waals surface area contributed by atoms with Crippen LogP contribution < -0.4 is 5.73 Å². The van der Waals surface area contributed by atoms with E-state index in [4.69, 9.17) is 22.1 Å². The zero-order valence-corrected chi connectivity index (χ0v) is 13.7. The third-order valence-corrected chi connectivity index (χ3v) is 4.91. The molecule has 1 aliphatic heterocycles. The number of halogens is 1. The highest BCUT2D eigenvalue weighted by atomic mass is 35.5. The van der Waals surface area contributed by atoms with Crippen molar-refractivity contribution >= 4 is 17.4 Å². The second-order valence-corrected chi connectivity index (χ2v) is 6.42. The van der Waals surface area contributed by atoms with Gasteiger partial charge in [0, 0.05) is 16.5 Å². The number of benzene rings is 2. The zero-order valence-electron chi connectivity index (χ0n) is 12.9. The van der Waals surface area contributed by atoms with Gasteiger partial charge in [-0.15, -0.1) is 0 Å². The van der Waals surface area contributed by atoms with Gasteiger partial charge in [-0.3, -0.25) is 0 Å². The molecule has 0 bridgehead atoms. The number of nitrogens with two attached hydrogens (primary N) is 1. The van der Waals surface area contributed by atoms with Gasteiger partial charge in [0.2, 0.25) is 5.88 Å². The summed E-state index contributed by atoms with van der Waals surface area (Å²) in [6.07, 6.45) is 1.78. The van der Waals surface area contributed by atoms with E-state index < -0.39 is 0 Å². The molecule has 0 saturated carbocycles. The van der Waals surface area contributed by atoms with Crippen molar-refractivity contribution in [1.29, 1.82) is 5.26 Å². The second kappa shape index (κ2) is 5.74. The summed E-state index contributed by atoms with van der Waals surface area (Å²) >= 11 is 6.02. The Labute approximate surface area is 145 Å². The molecule has 0 spiro atoms. The van der Waals surface area contributed by atoms with Crippen LogP contribution in [-0.4, -0.2) is 0 Å². The molecule has 4 heteroatoms. The summed E-state index contributed by atoms with van der Waals surface area (Å²) in [5.41, 5.74) is 11.0. The molecule has 2 aromatic carbocycles. The fraction of sp³-hybridized carbons (Fsp3) is 0.150. The first kappa shape index (κ1) is 14.9. The predicted octanol–water partition coefficient (Wildman–Crippen LogP) is 4.51. The van der Waals surface area contributed by atoms with Crippen molar-refractivity contribution in [2.24, 2.45) is 5.73 Å². The molecule has 118 valence electrons. The number of fused-ring (bicyclic) bond motifs is 2. The fourth-order valence-corrected chi connectivity index (χ4v) is 3.66. The van der Waals surface area contributed by atoms with E-state index in [1.807, 2.05) is 42.5 Å². The Morgan fingerprint density at radius 1 is 1.08 bits per heavy atom. The Morgan fingerprint density at radius 3 is 2.58 bits per heavy atom. The molecular formula is C20H15ClN2O. The lowest BCUT2D eigenvalue weighted by atomic mass is 9.77. The van der Waals surface area contributed by atoms with Crippen LogP contribution >= 0.6 is 11.6 Å². The molecular weight excluding hydrogens is 320 g/mol. The number of rotatable bonds is 1. The average Bonchev–Trinajstić information content (AvgIpc) is 2.61. The largest absolute Gasteiger partial charge is 0.440 e. The van der Waals surface area contributed by atoms with E-state index >= 15 is 0 Å². The minimum Gasteiger partial charge on any atom is -0.440 e. The lowest BCUT2D eigenvalue weighted by molar-refractivity contribution is 0.350. The Morgan fingerprint density at radius 2 is 1.83 bits per heavy atom. The maximum Gasteiger partial charge on any atom is 0.205 e. The van der Waals surface area contributed by atoms with Crippen LogP contribution in [0.4, 0.5) is 0 Å². The van der Waals surface area contributed by atoms with Crippen LogP contribution in [0.2, 0.25) is 5.02 Å². The molecule has 0 fully saturated rings. The van der Waals surface area contributed by atoms with Gasteiger partial charge in [-0.1, -0.05) is 48.0 Å². The predicted molar refractivity (Wildman–Crippen MR) is 93.8 cm³/mol. The van der Waals surface area contributed by atoms with Gasteiger partial charge in [0.1, 0.15) is 17.4 Å². The first-order chi connectivity index (χ1) is 11.7. The lowest BCUT2D eigenvalue weighted by Crippen LogP contribution is -2.23. The standard InChI is InChI=1S/C20H15ClN2O/c21-14-8-5-13(6-9-14)18-16-10-7-12-3-1-2-4-15(12)19(16)24-20(23)17(18)11-22/h1-6,8-9,18H,7,10,23H2. The molecule has 0 aromatic heterocycles. The maximum absolute atomic E-state index is 9.62. The molecule has 2 N–H and O–H groups in total. The third-order valence-electron chi connectivity index (χ3n) is 4.66. The summed E-state index contributed by atoms with van der Waals surface area (Å²) in [4.78, 5) is 0. The highest BCUT2D eigenvalue weighted by molar-refractivity contribution is 6.30. The number of aryl methyl sites for hydroxylation is 1. The van der Waals surface area contributed by atoms with Gasteiger partial charge in [-0.2, -0.15) is 5.26 Å². The van der Waals surface area contributed by atoms with Crippen LogP contribution in [0.3, 0.4) is 0 Å². The monoisotopic (exact) mass is 334 g/mol. The van der Waals surface area contributed by atoms with E-state index in [0.717, 1.165) is 35.3 Å². The van der Waals surface area contributed by atoms with Crippen molar-refractivity contribution in [2.45, 2.75) is 18.8 Å². The minimum absolute atomic E-state index is 0.177. The van der Waals surface area contributed by atoms with Gasteiger partial charge in [0.15, 0.2) is 0 Å². The first-order valence-corrected chi connectivity index (χ1v) is 8.21. The zero-order chi connectivity index (χ0) is 16.7. The van der Waals surface area contributed by atoms with Crippen molar-refractivity contribution in [2.75, 3.05) is 0 Å². The van der Waals surface area contributed by atoms with E-state index in [9.17, 15) is 5.26 Å². The maximum atomic E-state index is 9.62. The molecule has 2 aliphatic rings. The highest BCUT2D eigenvalue weighted by Crippen LogP contribution is 2.47. The van der Waals surface area contributed by atoms with Crippen LogP contribution in [0.15, 0.2) is 65.6 Å². The van der Waals surface area contributed by atoms with Gasteiger partial charge in [-0.25, -0.2) is 0 Å². The normalized spacial score (nSPS) is 19.2. The smallest absolute Gasteiger partial charge is 0.205 e. The molecule has 1 atom stereocenters. The highest BCUT2D eigenvalue weighted by Gasteiger charge is 2.35. The number of hydrogen-bond donors (Lipinski definition) is 1. The summed E-state index contributed by atoms with van der Waals surface area (Å²) in [5.74, 6) is 0.811. The summed E-state index contributed by atoms with van der Waals surface area (Å²) in [6.45, 7) is 0. The SMILES string of the molecule is N#CC1=C(N)OC2=C(CCc3ccccc32)C1c1ccc(Cl)cc1. The summed E-state index contributed by atoms with van der Waals surface area (Å²) in [7, 11) is 0. The molecule has 1 heterocycles. The fourth-order valence-electron chi connectivity index (χ4n) is 3.54. The molecule has 3 nitrogen and oxygen atoms in total. The van der Waals surface area contributed by atoms with Gasteiger partial charge in [0.05, 0.1) is 0 Å². The van der Waals surface area contributed by atoms with Gasteiger partial charge >= 0.3 is 0 Å². The lowest BCUT2D eigenvalue weighted by Gasteiger charge is -2.33. The summed E-state index contributed by atoms with van der Waals surface area (Å²) < 4.78 is 5.88. The van der Waals surface area contributed by atoms with E-state index in [1.54, 1.807) is 0 Å². The molecule has 1 aliphatic carbocycles. The van der Waals surface area contributed by atoms with E-state index in [0.29, 0.717) is 10.6 Å². The molecule has 0 radical (unpaired) electrons. The molecule has 0 saturated heterocycles. The van der Waals surface area contributed by atoms with Crippen LogP contribution in [0.1, 0.15) is 29.0 Å². The van der Waals surface area contributed by atoms with Crippen molar-refractivity contribution < 1.29 is 4.74 Å². The topological polar surface area (TPSA) is 59.0 Å². The second-order valence-electron chi connectivity index (χ2n) is 5.99. The third kappa shape index (κ3) is 2.28. The minimum atomic E-state index is -0.177. The van der Waals surface area contributed by atoms with Gasteiger partial charge < -0.3 is 10.5 Å². The number of hydrogen-bond acceptors (Lipinski definition) is 3. The Bertz CT molecular complexity index is 919. The Hall–Kier alpha value is -2.70. The van der Waals surface area contributed by atoms with Crippen molar-refractivity contribution in [3.63, 3.8) is 0 Å². The molecule has 4 rings (SSSR count). The summed E-state index contributed by atoms with van der Waals surface area (Å²) in [5, 5.41) is 10.3. The number of ether oxygens (including phenoxy) is 1. The molecule has 2 aromatic rings. The van der Waals surface area contributed by atoms with Gasteiger partial charge in [0.25, 0.3) is 0 Å². The number of nitriles is 1. The number of nitrogens with zero attached hydrogens (tertiary/aromatic N) is 1. The molecule has 1 unspecified atom stereocenters. The average molecular weight is 335 g/mol.